The molecule has 0 bridgehead atoms. The predicted octanol–water partition coefficient (Wildman–Crippen LogP) is 5.63. The van der Waals surface area contributed by atoms with Crippen molar-refractivity contribution in [3.8, 4) is 0 Å². The number of carbonyl (C=O) groups excluding carboxylic acids is 3. The Bertz CT molecular complexity index is 1450. The Morgan fingerprint density at radius 2 is 1.49 bits per heavy atom. The van der Waals surface area contributed by atoms with Crippen LogP contribution in [0.3, 0.4) is 0 Å². The van der Waals surface area contributed by atoms with Gasteiger partial charge in [0.05, 0.1) is 31.8 Å². The first-order valence-electron chi connectivity index (χ1n) is 15.2. The van der Waals surface area contributed by atoms with Gasteiger partial charge in [-0.2, -0.15) is 0 Å². The van der Waals surface area contributed by atoms with E-state index >= 15 is 0 Å². The molecular weight excluding hydrogens is 619 g/mol. The number of aliphatic hydroxyl groups excluding tert-OH is 1. The number of amides is 2. The van der Waals surface area contributed by atoms with Crippen LogP contribution in [0.4, 0.5) is 0 Å². The maximum atomic E-state index is 12.6. The summed E-state index contributed by atoms with van der Waals surface area (Å²) in [5, 5.41) is 17.7. The van der Waals surface area contributed by atoms with Gasteiger partial charge in [-0.15, -0.1) is 0 Å². The highest BCUT2D eigenvalue weighted by molar-refractivity contribution is 6.31. The molecule has 0 aliphatic carbocycles. The number of aryl methyl sites for hydroxylation is 4. The lowest BCUT2D eigenvalue weighted by Gasteiger charge is -2.35. The van der Waals surface area contributed by atoms with Gasteiger partial charge in [0.25, 0.3) is 5.91 Å². The highest BCUT2D eigenvalue weighted by Crippen LogP contribution is 2.39. The zero-order chi connectivity index (χ0) is 32.9. The summed E-state index contributed by atoms with van der Waals surface area (Å²) in [6, 6.07) is 7.28. The quantitative estimate of drug-likeness (QED) is 0.343. The number of hydrogen-bond donors (Lipinski definition) is 3. The van der Waals surface area contributed by atoms with E-state index in [4.69, 9.17) is 37.4 Å². The van der Waals surface area contributed by atoms with Crippen LogP contribution in [0.2, 0.25) is 10.0 Å². The van der Waals surface area contributed by atoms with E-state index in [-0.39, 0.29) is 37.2 Å². The van der Waals surface area contributed by atoms with Crippen molar-refractivity contribution in [3.05, 3.63) is 73.5 Å². The molecule has 2 aromatic rings. The lowest BCUT2D eigenvalue weighted by atomic mass is 9.88. The zero-order valence-corrected chi connectivity index (χ0v) is 28.0. The van der Waals surface area contributed by atoms with Crippen LogP contribution < -0.4 is 10.6 Å². The lowest BCUT2D eigenvalue weighted by Crippen LogP contribution is -2.60. The molecule has 244 valence electrons. The minimum Gasteiger partial charge on any atom is -0.509 e. The van der Waals surface area contributed by atoms with Crippen LogP contribution in [-0.4, -0.2) is 67.0 Å². The first-order valence-corrected chi connectivity index (χ1v) is 16.0. The third-order valence-electron chi connectivity index (χ3n) is 8.54. The Balaban J connectivity index is 0.000000206. The second-order valence-electron chi connectivity index (χ2n) is 12.0. The standard InChI is InChI=1S/C18H24ClNO4.C16H18ClNO3/c1-4-24-17(22)18(6-5-7-23-11-18)20-16(21)10-15-12(2)8-14(19)9-13(15)3;1-9-6-11(17)7-10(2)12(9)13-14(19)16(18-15(13)20)4-3-5-21-8-16/h8-9H,4-7,10-11H2,1-3H3,(H,20,21);6-7,19H,3-5,8H2,1-2H3,(H,18,20). The maximum absolute atomic E-state index is 12.6. The van der Waals surface area contributed by atoms with Crippen molar-refractivity contribution in [3.63, 3.8) is 0 Å². The molecule has 3 N–H and O–H groups in total. The predicted molar refractivity (Wildman–Crippen MR) is 174 cm³/mol. The van der Waals surface area contributed by atoms with E-state index in [0.29, 0.717) is 54.7 Å². The summed E-state index contributed by atoms with van der Waals surface area (Å²) < 4.78 is 16.0. The second kappa shape index (κ2) is 14.5. The van der Waals surface area contributed by atoms with E-state index in [0.717, 1.165) is 39.8 Å². The van der Waals surface area contributed by atoms with Gasteiger partial charge in [-0.3, -0.25) is 9.59 Å². The number of carbonyl (C=O) groups is 3. The number of esters is 1. The number of aliphatic hydroxyl groups is 1. The van der Waals surface area contributed by atoms with E-state index in [9.17, 15) is 19.5 Å². The van der Waals surface area contributed by atoms with Gasteiger partial charge < -0.3 is 30.0 Å². The van der Waals surface area contributed by atoms with Crippen LogP contribution in [0.15, 0.2) is 30.0 Å². The molecule has 9 nitrogen and oxygen atoms in total. The topological polar surface area (TPSA) is 123 Å². The SMILES string of the molecule is CCOC(=O)C1(NC(=O)Cc2c(C)cc(Cl)cc2C)CCCOC1.Cc1cc(Cl)cc(C)c1C1=C(O)C2(CCCOC2)NC1=O. The molecule has 11 heteroatoms. The van der Waals surface area contributed by atoms with E-state index in [1.807, 2.05) is 39.8 Å². The smallest absolute Gasteiger partial charge is 0.334 e. The first kappa shape index (κ1) is 34.8. The molecule has 2 saturated heterocycles. The molecule has 2 unspecified atom stereocenters. The zero-order valence-electron chi connectivity index (χ0n) is 26.5. The Hall–Kier alpha value is -3.11. The van der Waals surface area contributed by atoms with Crippen molar-refractivity contribution < 1.29 is 33.7 Å². The summed E-state index contributed by atoms with van der Waals surface area (Å²) in [6.07, 6.45) is 2.93. The van der Waals surface area contributed by atoms with Crippen LogP contribution >= 0.6 is 23.2 Å². The van der Waals surface area contributed by atoms with Crippen molar-refractivity contribution >= 4 is 46.6 Å². The van der Waals surface area contributed by atoms with Gasteiger partial charge in [0.15, 0.2) is 5.54 Å². The average molecular weight is 662 g/mol. The fraction of sp³-hybridized carbons (Fsp3) is 0.500. The molecule has 0 radical (unpaired) electrons. The highest BCUT2D eigenvalue weighted by Gasteiger charge is 2.48. The largest absolute Gasteiger partial charge is 0.509 e. The van der Waals surface area contributed by atoms with Gasteiger partial charge in [0, 0.05) is 23.3 Å². The molecule has 5 rings (SSSR count). The Kier molecular flexibility index (Phi) is 11.2. The maximum Gasteiger partial charge on any atom is 0.334 e. The van der Waals surface area contributed by atoms with Crippen LogP contribution in [0.1, 0.15) is 66.0 Å². The fourth-order valence-corrected chi connectivity index (χ4v) is 7.02. The van der Waals surface area contributed by atoms with Crippen molar-refractivity contribution in [1.29, 1.82) is 0 Å². The number of benzene rings is 2. The molecule has 1 spiro atoms. The van der Waals surface area contributed by atoms with Crippen LogP contribution in [0.25, 0.3) is 5.57 Å². The monoisotopic (exact) mass is 660 g/mol. The third-order valence-corrected chi connectivity index (χ3v) is 8.98. The second-order valence-corrected chi connectivity index (χ2v) is 12.9. The first-order chi connectivity index (χ1) is 21.3. The molecule has 45 heavy (non-hydrogen) atoms. The van der Waals surface area contributed by atoms with Crippen molar-refractivity contribution in [2.24, 2.45) is 0 Å². The molecule has 2 fully saturated rings. The summed E-state index contributed by atoms with van der Waals surface area (Å²) in [7, 11) is 0. The fourth-order valence-electron chi connectivity index (χ4n) is 6.37. The summed E-state index contributed by atoms with van der Waals surface area (Å²) >= 11 is 12.1. The lowest BCUT2D eigenvalue weighted by molar-refractivity contribution is -0.159. The minimum absolute atomic E-state index is 0.0979. The number of hydrogen-bond acceptors (Lipinski definition) is 7. The summed E-state index contributed by atoms with van der Waals surface area (Å²) in [4.78, 5) is 37.4. The molecule has 3 heterocycles. The number of nitrogens with one attached hydrogen (secondary N) is 2. The van der Waals surface area contributed by atoms with Crippen LogP contribution in [-0.2, 0) is 35.0 Å². The van der Waals surface area contributed by atoms with Crippen molar-refractivity contribution in [2.45, 2.75) is 77.8 Å². The van der Waals surface area contributed by atoms with E-state index in [1.54, 1.807) is 19.1 Å². The molecular formula is C34H42Cl2N2O7. The minimum atomic E-state index is -1.08. The van der Waals surface area contributed by atoms with Gasteiger partial charge in [0.1, 0.15) is 11.3 Å². The number of rotatable bonds is 6. The van der Waals surface area contributed by atoms with Crippen LogP contribution in [0.5, 0.6) is 0 Å². The Morgan fingerprint density at radius 1 is 0.933 bits per heavy atom. The molecule has 2 atom stereocenters. The summed E-state index contributed by atoms with van der Waals surface area (Å²) in [5.74, 6) is -0.795. The normalized spacial score (nSPS) is 22.9. The highest BCUT2D eigenvalue weighted by atomic mass is 35.5. The van der Waals surface area contributed by atoms with E-state index in [2.05, 4.69) is 10.6 Å². The Morgan fingerprint density at radius 3 is 2.00 bits per heavy atom. The Labute approximate surface area is 274 Å². The third kappa shape index (κ3) is 7.65. The van der Waals surface area contributed by atoms with Gasteiger partial charge in [0.2, 0.25) is 5.91 Å². The van der Waals surface area contributed by atoms with Gasteiger partial charge in [-0.05, 0) is 118 Å². The molecule has 0 saturated carbocycles. The molecule has 2 amide bonds. The molecule has 3 aliphatic heterocycles. The van der Waals surface area contributed by atoms with Crippen molar-refractivity contribution in [1.82, 2.24) is 10.6 Å². The number of halogens is 2. The van der Waals surface area contributed by atoms with E-state index < -0.39 is 17.0 Å². The number of ether oxygens (including phenoxy) is 3. The summed E-state index contributed by atoms with van der Waals surface area (Å²) in [5.41, 5.74) is 3.87. The van der Waals surface area contributed by atoms with Gasteiger partial charge in [-0.1, -0.05) is 23.2 Å². The summed E-state index contributed by atoms with van der Waals surface area (Å²) in [6.45, 7) is 11.4. The van der Waals surface area contributed by atoms with E-state index in [1.165, 1.54) is 0 Å². The van der Waals surface area contributed by atoms with Gasteiger partial charge >= 0.3 is 5.97 Å². The molecule has 3 aliphatic rings. The molecule has 0 aromatic heterocycles. The average Bonchev–Trinajstić information content (AvgIpc) is 3.19. The molecule has 2 aromatic carbocycles. The van der Waals surface area contributed by atoms with Crippen molar-refractivity contribution in [2.75, 3.05) is 33.0 Å². The van der Waals surface area contributed by atoms with Crippen LogP contribution in [0, 0.1) is 27.7 Å². The van der Waals surface area contributed by atoms with Gasteiger partial charge in [-0.25, -0.2) is 4.79 Å².